The quantitative estimate of drug-likeness (QED) is 0.804. The number of aryl methyl sites for hydroxylation is 2. The van der Waals surface area contributed by atoms with Crippen LogP contribution in [0, 0.1) is 0 Å². The summed E-state index contributed by atoms with van der Waals surface area (Å²) >= 11 is 1.63. The highest BCUT2D eigenvalue weighted by atomic mass is 32.1. The van der Waals surface area contributed by atoms with Crippen molar-refractivity contribution in [3.05, 3.63) is 46.5 Å². The van der Waals surface area contributed by atoms with Gasteiger partial charge in [-0.3, -0.25) is 5.10 Å². The largest absolute Gasteiger partial charge is 0.486 e. The second-order valence-corrected chi connectivity index (χ2v) is 5.83. The minimum absolute atomic E-state index is 0.593. The van der Waals surface area contributed by atoms with E-state index in [1.807, 2.05) is 29.9 Å². The average Bonchev–Trinajstić information content (AvgIpc) is 3.24. The van der Waals surface area contributed by atoms with Crippen molar-refractivity contribution in [3.8, 4) is 22.8 Å². The van der Waals surface area contributed by atoms with Crippen molar-refractivity contribution in [3.63, 3.8) is 0 Å². The van der Waals surface area contributed by atoms with Crippen LogP contribution >= 0.6 is 11.3 Å². The van der Waals surface area contributed by atoms with E-state index < -0.39 is 0 Å². The molecule has 4 rings (SSSR count). The van der Waals surface area contributed by atoms with E-state index in [1.54, 1.807) is 11.3 Å². The molecule has 2 aromatic heterocycles. The highest BCUT2D eigenvalue weighted by Crippen LogP contribution is 2.35. The van der Waals surface area contributed by atoms with Gasteiger partial charge in [0.1, 0.15) is 13.2 Å². The summed E-state index contributed by atoms with van der Waals surface area (Å²) in [6.07, 6.45) is 3.71. The predicted octanol–water partition coefficient (Wildman–Crippen LogP) is 3.09. The van der Waals surface area contributed by atoms with E-state index in [0.29, 0.717) is 13.2 Å². The van der Waals surface area contributed by atoms with E-state index in [-0.39, 0.29) is 0 Å². The maximum Gasteiger partial charge on any atom is 0.162 e. The van der Waals surface area contributed by atoms with Gasteiger partial charge in [-0.05, 0) is 36.6 Å². The summed E-state index contributed by atoms with van der Waals surface area (Å²) in [5, 5.41) is 9.38. The molecule has 1 aliphatic heterocycles. The molecule has 0 amide bonds. The van der Waals surface area contributed by atoms with Crippen molar-refractivity contribution in [1.82, 2.24) is 15.2 Å². The monoisotopic (exact) mass is 313 g/mol. The van der Waals surface area contributed by atoms with Gasteiger partial charge >= 0.3 is 0 Å². The number of rotatable bonds is 4. The molecule has 6 heteroatoms. The lowest BCUT2D eigenvalue weighted by molar-refractivity contribution is 0.171. The minimum atomic E-state index is 0.593. The van der Waals surface area contributed by atoms with Crippen LogP contribution < -0.4 is 9.47 Å². The van der Waals surface area contributed by atoms with Gasteiger partial charge in [0.15, 0.2) is 11.5 Å². The summed E-state index contributed by atoms with van der Waals surface area (Å²) in [4.78, 5) is 4.33. The summed E-state index contributed by atoms with van der Waals surface area (Å²) in [7, 11) is 0. The zero-order valence-electron chi connectivity index (χ0n) is 11.9. The Bertz CT molecular complexity index is 768. The van der Waals surface area contributed by atoms with Crippen molar-refractivity contribution in [2.24, 2.45) is 0 Å². The SMILES string of the molecule is c1nc(CCc2cn[nH]c2-c2ccc3c(c2)OCCO3)cs1. The lowest BCUT2D eigenvalue weighted by Gasteiger charge is -2.18. The molecule has 22 heavy (non-hydrogen) atoms. The van der Waals surface area contributed by atoms with Gasteiger partial charge in [-0.2, -0.15) is 5.10 Å². The number of H-pyrrole nitrogens is 1. The number of hydrogen-bond acceptors (Lipinski definition) is 5. The molecule has 0 saturated carbocycles. The van der Waals surface area contributed by atoms with Gasteiger partial charge in [-0.25, -0.2) is 4.98 Å². The van der Waals surface area contributed by atoms with Gasteiger partial charge in [0, 0.05) is 10.9 Å². The maximum absolute atomic E-state index is 5.65. The summed E-state index contributed by atoms with van der Waals surface area (Å²) in [6, 6.07) is 6.00. The molecule has 0 fully saturated rings. The second-order valence-electron chi connectivity index (χ2n) is 5.11. The molecular formula is C16H15N3O2S. The van der Waals surface area contributed by atoms with Gasteiger partial charge in [-0.15, -0.1) is 11.3 Å². The van der Waals surface area contributed by atoms with Crippen LogP contribution in [-0.4, -0.2) is 28.4 Å². The number of hydrogen-bond donors (Lipinski definition) is 1. The number of thiazole rings is 1. The third kappa shape index (κ3) is 2.57. The summed E-state index contributed by atoms with van der Waals surface area (Å²) in [5.74, 6) is 1.60. The van der Waals surface area contributed by atoms with E-state index in [1.165, 1.54) is 5.56 Å². The van der Waals surface area contributed by atoms with Crippen molar-refractivity contribution < 1.29 is 9.47 Å². The van der Waals surface area contributed by atoms with Crippen LogP contribution in [-0.2, 0) is 12.8 Å². The number of nitrogens with one attached hydrogen (secondary N) is 1. The Hall–Kier alpha value is -2.34. The molecule has 1 aliphatic rings. The van der Waals surface area contributed by atoms with Crippen molar-refractivity contribution in [1.29, 1.82) is 0 Å². The van der Waals surface area contributed by atoms with Crippen LogP contribution in [0.3, 0.4) is 0 Å². The standard InChI is InChI=1S/C16H15N3O2S/c1(3-13-9-22-10-17-13)12-8-18-19-16(12)11-2-4-14-15(7-11)21-6-5-20-14/h2,4,7-10H,1,3,5-6H2,(H,18,19). The van der Waals surface area contributed by atoms with E-state index in [9.17, 15) is 0 Å². The molecule has 3 heterocycles. The molecular weight excluding hydrogens is 298 g/mol. The van der Waals surface area contributed by atoms with Crippen molar-refractivity contribution in [2.75, 3.05) is 13.2 Å². The number of aromatic amines is 1. The molecule has 0 spiro atoms. The van der Waals surface area contributed by atoms with Crippen LogP contribution in [0.25, 0.3) is 11.3 Å². The number of ether oxygens (including phenoxy) is 2. The average molecular weight is 313 g/mol. The normalized spacial score (nSPS) is 13.3. The van der Waals surface area contributed by atoms with Crippen LogP contribution in [0.15, 0.2) is 35.3 Å². The molecule has 0 unspecified atom stereocenters. The van der Waals surface area contributed by atoms with Crippen LogP contribution in [0.5, 0.6) is 11.5 Å². The van der Waals surface area contributed by atoms with E-state index in [2.05, 4.69) is 20.6 Å². The molecule has 1 N–H and O–H groups in total. The first-order chi connectivity index (χ1) is 10.9. The summed E-state index contributed by atoms with van der Waals surface area (Å²) in [6.45, 7) is 1.20. The Morgan fingerprint density at radius 1 is 1.14 bits per heavy atom. The van der Waals surface area contributed by atoms with E-state index in [0.717, 1.165) is 41.3 Å². The van der Waals surface area contributed by atoms with Crippen molar-refractivity contribution in [2.45, 2.75) is 12.8 Å². The number of nitrogens with zero attached hydrogens (tertiary/aromatic N) is 2. The summed E-state index contributed by atoms with van der Waals surface area (Å²) < 4.78 is 11.2. The Balaban J connectivity index is 1.59. The predicted molar refractivity (Wildman–Crippen MR) is 84.5 cm³/mol. The molecule has 112 valence electrons. The van der Waals surface area contributed by atoms with Gasteiger partial charge in [0.05, 0.1) is 23.1 Å². The molecule has 0 aliphatic carbocycles. The lowest BCUT2D eigenvalue weighted by atomic mass is 10.0. The van der Waals surface area contributed by atoms with Gasteiger partial charge in [0.2, 0.25) is 0 Å². The third-order valence-electron chi connectivity index (χ3n) is 3.68. The van der Waals surface area contributed by atoms with Gasteiger partial charge in [0.25, 0.3) is 0 Å². The third-order valence-corrected chi connectivity index (χ3v) is 4.32. The van der Waals surface area contributed by atoms with Gasteiger partial charge in [-0.1, -0.05) is 0 Å². The van der Waals surface area contributed by atoms with E-state index >= 15 is 0 Å². The second kappa shape index (κ2) is 5.81. The van der Waals surface area contributed by atoms with E-state index in [4.69, 9.17) is 9.47 Å². The number of benzene rings is 1. The maximum atomic E-state index is 5.65. The number of aromatic nitrogens is 3. The fourth-order valence-corrected chi connectivity index (χ4v) is 3.17. The Kier molecular flexibility index (Phi) is 3.52. The fourth-order valence-electron chi connectivity index (χ4n) is 2.57. The zero-order chi connectivity index (χ0) is 14.8. The van der Waals surface area contributed by atoms with Crippen LogP contribution in [0.1, 0.15) is 11.3 Å². The number of fused-ring (bicyclic) bond motifs is 1. The molecule has 0 saturated heterocycles. The fraction of sp³-hybridized carbons (Fsp3) is 0.250. The Morgan fingerprint density at radius 2 is 2.05 bits per heavy atom. The van der Waals surface area contributed by atoms with Crippen LogP contribution in [0.2, 0.25) is 0 Å². The summed E-state index contributed by atoms with van der Waals surface area (Å²) in [5.41, 5.74) is 6.28. The van der Waals surface area contributed by atoms with Crippen molar-refractivity contribution >= 4 is 11.3 Å². The molecule has 0 radical (unpaired) electrons. The Morgan fingerprint density at radius 3 is 2.91 bits per heavy atom. The molecule has 3 aromatic rings. The molecule has 5 nitrogen and oxygen atoms in total. The first-order valence-electron chi connectivity index (χ1n) is 7.19. The Labute approximate surface area is 131 Å². The topological polar surface area (TPSA) is 60.0 Å². The smallest absolute Gasteiger partial charge is 0.162 e. The van der Waals surface area contributed by atoms with Crippen LogP contribution in [0.4, 0.5) is 0 Å². The lowest BCUT2D eigenvalue weighted by Crippen LogP contribution is -2.15. The zero-order valence-corrected chi connectivity index (χ0v) is 12.7. The minimum Gasteiger partial charge on any atom is -0.486 e. The molecule has 1 aromatic carbocycles. The first-order valence-corrected chi connectivity index (χ1v) is 8.14. The molecule has 0 bridgehead atoms. The highest BCUT2D eigenvalue weighted by molar-refractivity contribution is 7.07. The van der Waals surface area contributed by atoms with Gasteiger partial charge < -0.3 is 9.47 Å². The highest BCUT2D eigenvalue weighted by Gasteiger charge is 2.15. The first kappa shape index (κ1) is 13.3. The molecule has 0 atom stereocenters.